The van der Waals surface area contributed by atoms with Crippen molar-refractivity contribution in [2.45, 2.75) is 44.3 Å². The van der Waals surface area contributed by atoms with E-state index in [-0.39, 0.29) is 17.8 Å². The number of allylic oxidation sites excluding steroid dienone is 1. The fraction of sp³-hybridized carbons (Fsp3) is 0.300. The topological polar surface area (TPSA) is 81.9 Å². The average molecular weight is 430 g/mol. The van der Waals surface area contributed by atoms with Crippen LogP contribution in [0.15, 0.2) is 47.6 Å². The van der Waals surface area contributed by atoms with Gasteiger partial charge >= 0.3 is 0 Å². The second kappa shape index (κ2) is 9.71. The minimum atomic E-state index is -0.362. The molecular weight excluding hydrogens is 406 g/mol. The molecule has 3 rings (SSSR count). The van der Waals surface area contributed by atoms with Gasteiger partial charge in [-0.2, -0.15) is 0 Å². The molecule has 1 atom stereocenters. The first-order chi connectivity index (χ1) is 14.0. The number of hydrogen-bond donors (Lipinski definition) is 1. The van der Waals surface area contributed by atoms with Gasteiger partial charge in [0.2, 0.25) is 5.91 Å². The summed E-state index contributed by atoms with van der Waals surface area (Å²) in [6, 6.07) is 6.03. The molecule has 0 radical (unpaired) electrons. The summed E-state index contributed by atoms with van der Waals surface area (Å²) in [6.45, 7) is 10.5. The van der Waals surface area contributed by atoms with Gasteiger partial charge in [0, 0.05) is 18.1 Å². The van der Waals surface area contributed by atoms with E-state index in [9.17, 15) is 4.79 Å². The number of thioether (sulfide) groups is 1. The molecule has 0 aliphatic heterocycles. The number of thiazole rings is 1. The number of rotatable bonds is 9. The van der Waals surface area contributed by atoms with Crippen LogP contribution < -0.4 is 10.1 Å². The van der Waals surface area contributed by atoms with Crippen LogP contribution in [0.3, 0.4) is 0 Å². The zero-order valence-electron chi connectivity index (χ0n) is 16.6. The SMILES string of the molecule is C=CCn1c(COc2c(C)cccc2C)nnc1SC(C)C(=O)Nc1nccs1. The number of hydrogen-bond acceptors (Lipinski definition) is 7. The Morgan fingerprint density at radius 1 is 1.38 bits per heavy atom. The third kappa shape index (κ3) is 5.24. The standard InChI is InChI=1S/C20H23N5O2S2/c1-5-10-25-16(12-27-17-13(2)7-6-8-14(17)3)23-24-20(25)29-15(4)18(26)22-19-21-9-11-28-19/h5-9,11,15H,1,10,12H2,2-4H3,(H,21,22,26). The Kier molecular flexibility index (Phi) is 7.05. The van der Waals surface area contributed by atoms with Crippen molar-refractivity contribution in [3.63, 3.8) is 0 Å². The third-order valence-corrected chi connectivity index (χ3v) is 5.94. The van der Waals surface area contributed by atoms with Gasteiger partial charge in [-0.3, -0.25) is 9.36 Å². The molecule has 9 heteroatoms. The summed E-state index contributed by atoms with van der Waals surface area (Å²) in [5.41, 5.74) is 2.14. The molecule has 0 fully saturated rings. The van der Waals surface area contributed by atoms with Crippen LogP contribution in [0.25, 0.3) is 0 Å². The molecule has 1 amide bonds. The van der Waals surface area contributed by atoms with Crippen molar-refractivity contribution in [1.29, 1.82) is 0 Å². The van der Waals surface area contributed by atoms with Crippen molar-refractivity contribution >= 4 is 34.1 Å². The predicted molar refractivity (Wildman–Crippen MR) is 117 cm³/mol. The molecule has 0 saturated carbocycles. The van der Waals surface area contributed by atoms with E-state index in [1.165, 1.54) is 23.1 Å². The highest BCUT2D eigenvalue weighted by Crippen LogP contribution is 2.26. The van der Waals surface area contributed by atoms with E-state index in [1.54, 1.807) is 12.3 Å². The Labute approximate surface area is 178 Å². The minimum absolute atomic E-state index is 0.133. The summed E-state index contributed by atoms with van der Waals surface area (Å²) in [5, 5.41) is 14.0. The Morgan fingerprint density at radius 3 is 2.79 bits per heavy atom. The summed E-state index contributed by atoms with van der Waals surface area (Å²) in [6.07, 6.45) is 3.43. The molecule has 1 unspecified atom stereocenters. The van der Waals surface area contributed by atoms with Crippen LogP contribution >= 0.6 is 23.1 Å². The summed E-state index contributed by atoms with van der Waals surface area (Å²) < 4.78 is 7.94. The number of anilines is 1. The number of nitrogens with one attached hydrogen (secondary N) is 1. The van der Waals surface area contributed by atoms with E-state index in [0.717, 1.165) is 16.9 Å². The number of amides is 1. The Morgan fingerprint density at radius 2 is 2.14 bits per heavy atom. The first kappa shape index (κ1) is 21.1. The largest absolute Gasteiger partial charge is 0.485 e. The molecule has 152 valence electrons. The molecule has 29 heavy (non-hydrogen) atoms. The van der Waals surface area contributed by atoms with Crippen molar-refractivity contribution in [2.24, 2.45) is 0 Å². The number of ether oxygens (including phenoxy) is 1. The predicted octanol–water partition coefficient (Wildman–Crippen LogP) is 4.24. The van der Waals surface area contributed by atoms with Gasteiger partial charge in [-0.25, -0.2) is 4.98 Å². The molecular formula is C20H23N5O2S2. The van der Waals surface area contributed by atoms with E-state index in [4.69, 9.17) is 4.74 Å². The van der Waals surface area contributed by atoms with Crippen LogP contribution in [0, 0.1) is 13.8 Å². The van der Waals surface area contributed by atoms with Crippen LogP contribution in [-0.2, 0) is 17.9 Å². The monoisotopic (exact) mass is 429 g/mol. The van der Waals surface area contributed by atoms with Crippen LogP contribution in [0.5, 0.6) is 5.75 Å². The molecule has 0 bridgehead atoms. The highest BCUT2D eigenvalue weighted by Gasteiger charge is 2.21. The molecule has 0 spiro atoms. The first-order valence-electron chi connectivity index (χ1n) is 9.08. The third-order valence-electron chi connectivity index (χ3n) is 4.17. The Bertz CT molecular complexity index is 965. The molecule has 0 aliphatic rings. The van der Waals surface area contributed by atoms with Crippen molar-refractivity contribution in [3.05, 3.63) is 59.4 Å². The minimum Gasteiger partial charge on any atom is -0.485 e. The van der Waals surface area contributed by atoms with Crippen molar-refractivity contribution in [1.82, 2.24) is 19.7 Å². The molecule has 1 aromatic carbocycles. The van der Waals surface area contributed by atoms with Gasteiger partial charge in [-0.1, -0.05) is 36.0 Å². The second-order valence-corrected chi connectivity index (χ2v) is 8.60. The lowest BCUT2D eigenvalue weighted by Gasteiger charge is -2.14. The van der Waals surface area contributed by atoms with Gasteiger partial charge in [0.25, 0.3) is 0 Å². The van der Waals surface area contributed by atoms with Crippen LogP contribution in [0.4, 0.5) is 5.13 Å². The van der Waals surface area contributed by atoms with Gasteiger partial charge in [0.05, 0.1) is 5.25 Å². The van der Waals surface area contributed by atoms with Crippen LogP contribution in [0.2, 0.25) is 0 Å². The summed E-state index contributed by atoms with van der Waals surface area (Å²) in [7, 11) is 0. The van der Waals surface area contributed by atoms with Gasteiger partial charge in [0.1, 0.15) is 12.4 Å². The van der Waals surface area contributed by atoms with E-state index < -0.39 is 0 Å². The Balaban J connectivity index is 1.70. The number of nitrogens with zero attached hydrogens (tertiary/aromatic N) is 4. The maximum atomic E-state index is 12.4. The highest BCUT2D eigenvalue weighted by atomic mass is 32.2. The summed E-state index contributed by atoms with van der Waals surface area (Å²) in [4.78, 5) is 16.5. The molecule has 2 heterocycles. The highest BCUT2D eigenvalue weighted by molar-refractivity contribution is 8.00. The summed E-state index contributed by atoms with van der Waals surface area (Å²) >= 11 is 2.72. The van der Waals surface area contributed by atoms with Crippen molar-refractivity contribution < 1.29 is 9.53 Å². The zero-order chi connectivity index (χ0) is 20.8. The normalized spacial score (nSPS) is 11.8. The van der Waals surface area contributed by atoms with Gasteiger partial charge in [-0.15, -0.1) is 28.1 Å². The molecule has 0 saturated heterocycles. The van der Waals surface area contributed by atoms with Crippen molar-refractivity contribution in [2.75, 3.05) is 5.32 Å². The number of carbonyl (C=O) groups is 1. The lowest BCUT2D eigenvalue weighted by Crippen LogP contribution is -2.23. The molecule has 1 N–H and O–H groups in total. The fourth-order valence-corrected chi connectivity index (χ4v) is 4.10. The fourth-order valence-electron chi connectivity index (χ4n) is 2.69. The number of benzene rings is 1. The van der Waals surface area contributed by atoms with Crippen LogP contribution in [0.1, 0.15) is 23.9 Å². The molecule has 0 aliphatic carbocycles. The lowest BCUT2D eigenvalue weighted by atomic mass is 10.1. The maximum Gasteiger partial charge on any atom is 0.239 e. The summed E-state index contributed by atoms with van der Waals surface area (Å²) in [5.74, 6) is 1.40. The Hall–Kier alpha value is -2.65. The number of aromatic nitrogens is 4. The quantitative estimate of drug-likeness (QED) is 0.405. The van der Waals surface area contributed by atoms with E-state index in [1.807, 2.05) is 48.9 Å². The lowest BCUT2D eigenvalue weighted by molar-refractivity contribution is -0.115. The zero-order valence-corrected chi connectivity index (χ0v) is 18.2. The van der Waals surface area contributed by atoms with E-state index in [2.05, 4.69) is 27.1 Å². The van der Waals surface area contributed by atoms with Crippen LogP contribution in [-0.4, -0.2) is 30.9 Å². The maximum absolute atomic E-state index is 12.4. The second-order valence-electron chi connectivity index (χ2n) is 6.39. The van der Waals surface area contributed by atoms with Crippen molar-refractivity contribution in [3.8, 4) is 5.75 Å². The first-order valence-corrected chi connectivity index (χ1v) is 10.8. The molecule has 2 aromatic heterocycles. The number of carbonyl (C=O) groups excluding carboxylic acids is 1. The van der Waals surface area contributed by atoms with Gasteiger partial charge in [-0.05, 0) is 31.9 Å². The van der Waals surface area contributed by atoms with E-state index in [0.29, 0.717) is 22.7 Å². The number of para-hydroxylation sites is 1. The van der Waals surface area contributed by atoms with Gasteiger partial charge < -0.3 is 10.1 Å². The molecule has 3 aromatic rings. The number of aryl methyl sites for hydroxylation is 2. The average Bonchev–Trinajstić information content (AvgIpc) is 3.32. The molecule has 7 nitrogen and oxygen atoms in total. The smallest absolute Gasteiger partial charge is 0.239 e. The van der Waals surface area contributed by atoms with E-state index >= 15 is 0 Å². The van der Waals surface area contributed by atoms with Gasteiger partial charge in [0.15, 0.2) is 16.1 Å².